The fourth-order valence-corrected chi connectivity index (χ4v) is 3.75. The molecule has 1 saturated carbocycles. The Kier molecular flexibility index (Phi) is 5.28. The van der Waals surface area contributed by atoms with Gasteiger partial charge in [0, 0.05) is 37.7 Å². The van der Waals surface area contributed by atoms with Gasteiger partial charge in [-0.2, -0.15) is 0 Å². The summed E-state index contributed by atoms with van der Waals surface area (Å²) in [5.41, 5.74) is 1.98. The summed E-state index contributed by atoms with van der Waals surface area (Å²) in [6.07, 6.45) is 0.632. The van der Waals surface area contributed by atoms with Crippen molar-refractivity contribution in [3.63, 3.8) is 0 Å². The van der Waals surface area contributed by atoms with Crippen LogP contribution in [0.15, 0.2) is 18.2 Å². The standard InChI is InChI=1S/C21H27N3O4/c1-21(2,3)22-20(28)23(4)11-13-6-5-7-15-16(13)12-24(19(15)27)17-9-8-14(25)10-18(17)26/h5-7,17H,8-12H2,1-4H3,(H,22,28). The van der Waals surface area contributed by atoms with E-state index in [4.69, 9.17) is 0 Å². The predicted molar refractivity (Wildman–Crippen MR) is 104 cm³/mol. The van der Waals surface area contributed by atoms with Crippen molar-refractivity contribution in [2.75, 3.05) is 7.05 Å². The molecule has 7 heteroatoms. The molecule has 1 fully saturated rings. The highest BCUT2D eigenvalue weighted by molar-refractivity contribution is 6.07. The number of hydrogen-bond acceptors (Lipinski definition) is 4. The van der Waals surface area contributed by atoms with E-state index < -0.39 is 6.04 Å². The maximum Gasteiger partial charge on any atom is 0.317 e. The second-order valence-corrected chi connectivity index (χ2v) is 8.65. The molecule has 0 radical (unpaired) electrons. The first kappa shape index (κ1) is 20.0. The number of ketones is 2. The lowest BCUT2D eigenvalue weighted by Crippen LogP contribution is -2.46. The fourth-order valence-electron chi connectivity index (χ4n) is 3.75. The van der Waals surface area contributed by atoms with Crippen LogP contribution >= 0.6 is 0 Å². The Balaban J connectivity index is 1.78. The van der Waals surface area contributed by atoms with Crippen molar-refractivity contribution in [2.45, 2.75) is 64.7 Å². The second-order valence-electron chi connectivity index (χ2n) is 8.65. The van der Waals surface area contributed by atoms with Gasteiger partial charge in [-0.15, -0.1) is 0 Å². The number of hydrogen-bond donors (Lipinski definition) is 1. The third-order valence-corrected chi connectivity index (χ3v) is 5.14. The molecule has 3 amide bonds. The lowest BCUT2D eigenvalue weighted by molar-refractivity contribution is -0.133. The zero-order valence-electron chi connectivity index (χ0n) is 16.9. The number of benzene rings is 1. The average molecular weight is 385 g/mol. The molecule has 150 valence electrons. The number of urea groups is 1. The molecule has 1 atom stereocenters. The highest BCUT2D eigenvalue weighted by Crippen LogP contribution is 2.31. The molecule has 0 bridgehead atoms. The molecule has 1 aromatic carbocycles. The number of carbonyl (C=O) groups excluding carboxylic acids is 4. The molecule has 0 spiro atoms. The summed E-state index contributed by atoms with van der Waals surface area (Å²) >= 11 is 0. The maximum atomic E-state index is 12.9. The van der Waals surface area contributed by atoms with Gasteiger partial charge in [0.15, 0.2) is 5.78 Å². The summed E-state index contributed by atoms with van der Waals surface area (Å²) < 4.78 is 0. The van der Waals surface area contributed by atoms with Crippen LogP contribution in [0.3, 0.4) is 0 Å². The van der Waals surface area contributed by atoms with E-state index in [0.29, 0.717) is 31.5 Å². The topological polar surface area (TPSA) is 86.8 Å². The lowest BCUT2D eigenvalue weighted by Gasteiger charge is -2.29. The van der Waals surface area contributed by atoms with E-state index >= 15 is 0 Å². The van der Waals surface area contributed by atoms with E-state index in [-0.39, 0.29) is 35.5 Å². The smallest absolute Gasteiger partial charge is 0.317 e. The number of amides is 3. The van der Waals surface area contributed by atoms with Crippen LogP contribution in [0, 0.1) is 0 Å². The van der Waals surface area contributed by atoms with E-state index in [9.17, 15) is 19.2 Å². The van der Waals surface area contributed by atoms with Gasteiger partial charge in [-0.1, -0.05) is 12.1 Å². The molecule has 7 nitrogen and oxygen atoms in total. The van der Waals surface area contributed by atoms with Crippen LogP contribution < -0.4 is 5.32 Å². The van der Waals surface area contributed by atoms with Gasteiger partial charge in [0.05, 0.1) is 12.5 Å². The molecular weight excluding hydrogens is 358 g/mol. The molecule has 28 heavy (non-hydrogen) atoms. The van der Waals surface area contributed by atoms with Crippen molar-refractivity contribution in [1.29, 1.82) is 0 Å². The maximum absolute atomic E-state index is 12.9. The Labute approximate surface area is 165 Å². The summed E-state index contributed by atoms with van der Waals surface area (Å²) in [4.78, 5) is 52.2. The Morgan fingerprint density at radius 3 is 2.61 bits per heavy atom. The Morgan fingerprint density at radius 2 is 1.96 bits per heavy atom. The molecule has 2 aliphatic rings. The van der Waals surface area contributed by atoms with Crippen molar-refractivity contribution >= 4 is 23.5 Å². The Morgan fingerprint density at radius 1 is 1.25 bits per heavy atom. The van der Waals surface area contributed by atoms with E-state index in [0.717, 1.165) is 11.1 Å². The zero-order valence-corrected chi connectivity index (χ0v) is 16.9. The van der Waals surface area contributed by atoms with Crippen LogP contribution in [0.5, 0.6) is 0 Å². The Hall–Kier alpha value is -2.70. The molecule has 0 saturated heterocycles. The first-order valence-corrected chi connectivity index (χ1v) is 9.56. The highest BCUT2D eigenvalue weighted by atomic mass is 16.2. The van der Waals surface area contributed by atoms with Gasteiger partial charge in [-0.25, -0.2) is 4.79 Å². The largest absolute Gasteiger partial charge is 0.333 e. The third-order valence-electron chi connectivity index (χ3n) is 5.14. The van der Waals surface area contributed by atoms with Crippen LogP contribution in [0.25, 0.3) is 0 Å². The van der Waals surface area contributed by atoms with E-state index in [1.54, 1.807) is 29.0 Å². The minimum absolute atomic E-state index is 0.0578. The lowest BCUT2D eigenvalue weighted by atomic mass is 9.92. The number of nitrogens with one attached hydrogen (secondary N) is 1. The van der Waals surface area contributed by atoms with Gasteiger partial charge in [-0.05, 0) is 44.4 Å². The minimum Gasteiger partial charge on any atom is -0.333 e. The van der Waals surface area contributed by atoms with Gasteiger partial charge in [0.25, 0.3) is 5.91 Å². The van der Waals surface area contributed by atoms with Crippen molar-refractivity contribution in [3.05, 3.63) is 34.9 Å². The quantitative estimate of drug-likeness (QED) is 0.809. The molecule has 0 aromatic heterocycles. The van der Waals surface area contributed by atoms with Crippen molar-refractivity contribution < 1.29 is 19.2 Å². The number of Topliss-reactive ketones (excluding diaryl/α,β-unsaturated/α-hetero) is 2. The first-order chi connectivity index (χ1) is 13.1. The van der Waals surface area contributed by atoms with Gasteiger partial charge in [0.2, 0.25) is 0 Å². The highest BCUT2D eigenvalue weighted by Gasteiger charge is 2.39. The van der Waals surface area contributed by atoms with Crippen LogP contribution in [0.1, 0.15) is 61.5 Å². The molecule has 3 rings (SSSR count). The molecule has 1 aromatic rings. The number of rotatable bonds is 3. The molecule has 1 unspecified atom stereocenters. The van der Waals surface area contributed by atoms with Crippen LogP contribution in [-0.4, -0.2) is 51.9 Å². The van der Waals surface area contributed by atoms with E-state index in [1.165, 1.54) is 0 Å². The monoisotopic (exact) mass is 385 g/mol. The summed E-state index contributed by atoms with van der Waals surface area (Å²) in [7, 11) is 1.71. The number of carbonyl (C=O) groups is 4. The van der Waals surface area contributed by atoms with Gasteiger partial charge in [-0.3, -0.25) is 14.4 Å². The average Bonchev–Trinajstić information content (AvgIpc) is 2.91. The molecule has 1 heterocycles. The summed E-state index contributed by atoms with van der Waals surface area (Å²) in [6.45, 7) is 6.46. The van der Waals surface area contributed by atoms with E-state index in [1.807, 2.05) is 26.8 Å². The second kappa shape index (κ2) is 7.37. The Bertz CT molecular complexity index is 841. The molecule has 1 aliphatic heterocycles. The minimum atomic E-state index is -0.535. The zero-order chi connectivity index (χ0) is 20.6. The summed E-state index contributed by atoms with van der Waals surface area (Å²) in [5, 5.41) is 2.92. The SMILES string of the molecule is CN(Cc1cccc2c1CN(C1CCC(=O)CC1=O)C2=O)C(=O)NC(C)(C)C. The normalized spacial score (nSPS) is 19.6. The van der Waals surface area contributed by atoms with Gasteiger partial charge >= 0.3 is 6.03 Å². The summed E-state index contributed by atoms with van der Waals surface area (Å²) in [6, 6.07) is 4.74. The number of fused-ring (bicyclic) bond motifs is 1. The fraction of sp³-hybridized carbons (Fsp3) is 0.524. The van der Waals surface area contributed by atoms with Crippen LogP contribution in [0.4, 0.5) is 4.79 Å². The van der Waals surface area contributed by atoms with E-state index in [2.05, 4.69) is 5.32 Å². The van der Waals surface area contributed by atoms with Crippen molar-refractivity contribution in [3.8, 4) is 0 Å². The molecule has 1 aliphatic carbocycles. The van der Waals surface area contributed by atoms with Gasteiger partial charge < -0.3 is 15.1 Å². The van der Waals surface area contributed by atoms with Crippen molar-refractivity contribution in [2.24, 2.45) is 0 Å². The van der Waals surface area contributed by atoms with Crippen LogP contribution in [0.2, 0.25) is 0 Å². The predicted octanol–water partition coefficient (Wildman–Crippen LogP) is 2.27. The molecular formula is C21H27N3O4. The molecule has 1 N–H and O–H groups in total. The number of nitrogens with zero attached hydrogens (tertiary/aromatic N) is 2. The third kappa shape index (κ3) is 4.08. The summed E-state index contributed by atoms with van der Waals surface area (Å²) in [5.74, 6) is -0.412. The van der Waals surface area contributed by atoms with Gasteiger partial charge in [0.1, 0.15) is 5.78 Å². The van der Waals surface area contributed by atoms with Crippen LogP contribution in [-0.2, 0) is 22.7 Å². The first-order valence-electron chi connectivity index (χ1n) is 9.56. The van der Waals surface area contributed by atoms with Crippen molar-refractivity contribution in [1.82, 2.24) is 15.1 Å².